The minimum atomic E-state index is -0.464. The second-order valence-electron chi connectivity index (χ2n) is 5.20. The Bertz CT molecular complexity index is 443. The summed E-state index contributed by atoms with van der Waals surface area (Å²) >= 11 is 0. The molecule has 1 fully saturated rings. The summed E-state index contributed by atoms with van der Waals surface area (Å²) in [4.78, 5) is 2.27. The number of benzene rings is 1. The van der Waals surface area contributed by atoms with Crippen molar-refractivity contribution in [3.05, 3.63) is 29.3 Å². The molecule has 2 unspecified atom stereocenters. The number of hydrogen-bond donors (Lipinski definition) is 1. The maximum Gasteiger partial charge on any atom is 0.125 e. The zero-order valence-corrected chi connectivity index (χ0v) is 11.3. The van der Waals surface area contributed by atoms with Crippen LogP contribution in [0.1, 0.15) is 24.2 Å². The molecule has 1 N–H and O–H groups in total. The third kappa shape index (κ3) is 2.48. The summed E-state index contributed by atoms with van der Waals surface area (Å²) in [5, 5.41) is 10.6. The van der Waals surface area contributed by atoms with E-state index in [4.69, 9.17) is 9.47 Å². The van der Waals surface area contributed by atoms with Gasteiger partial charge in [-0.2, -0.15) is 0 Å². The third-order valence-corrected chi connectivity index (χ3v) is 4.09. The molecular weight excluding hydrogens is 242 g/mol. The van der Waals surface area contributed by atoms with E-state index in [1.165, 1.54) is 5.56 Å². The van der Waals surface area contributed by atoms with Gasteiger partial charge in [0.15, 0.2) is 0 Å². The van der Waals surface area contributed by atoms with Crippen molar-refractivity contribution < 1.29 is 14.6 Å². The molecule has 0 radical (unpaired) electrons. The fraction of sp³-hybridized carbons (Fsp3) is 0.600. The number of morpholine rings is 1. The summed E-state index contributed by atoms with van der Waals surface area (Å²) in [6, 6.07) is 6.17. The van der Waals surface area contributed by atoms with Gasteiger partial charge in [-0.05, 0) is 24.1 Å². The highest BCUT2D eigenvalue weighted by Gasteiger charge is 2.34. The Morgan fingerprint density at radius 3 is 2.84 bits per heavy atom. The number of hydrogen-bond acceptors (Lipinski definition) is 4. The average Bonchev–Trinajstić information content (AvgIpc) is 2.48. The van der Waals surface area contributed by atoms with Gasteiger partial charge in [-0.15, -0.1) is 0 Å². The molecule has 2 atom stereocenters. The molecule has 0 saturated carbocycles. The topological polar surface area (TPSA) is 41.9 Å². The molecule has 4 nitrogen and oxygen atoms in total. The SMILES string of the molecule is CCc1ccc2c(c1)C(O)C(N1CCOCC1)CO2. The first-order valence-corrected chi connectivity index (χ1v) is 7.05. The molecule has 0 spiro atoms. The lowest BCUT2D eigenvalue weighted by atomic mass is 9.95. The van der Waals surface area contributed by atoms with Crippen molar-refractivity contribution in [2.45, 2.75) is 25.5 Å². The van der Waals surface area contributed by atoms with E-state index in [1.54, 1.807) is 0 Å². The fourth-order valence-electron chi connectivity index (χ4n) is 2.87. The van der Waals surface area contributed by atoms with E-state index in [0.717, 1.165) is 44.0 Å². The number of nitrogens with zero attached hydrogens (tertiary/aromatic N) is 1. The lowest BCUT2D eigenvalue weighted by Crippen LogP contribution is -2.50. The van der Waals surface area contributed by atoms with Gasteiger partial charge in [-0.25, -0.2) is 0 Å². The predicted octanol–water partition coefficient (Wildman–Crippen LogP) is 1.38. The van der Waals surface area contributed by atoms with Gasteiger partial charge in [0.05, 0.1) is 19.3 Å². The van der Waals surface area contributed by atoms with Crippen LogP contribution in [0.15, 0.2) is 18.2 Å². The van der Waals surface area contributed by atoms with Gasteiger partial charge in [0.2, 0.25) is 0 Å². The Labute approximate surface area is 113 Å². The predicted molar refractivity (Wildman–Crippen MR) is 72.5 cm³/mol. The number of aliphatic hydroxyl groups is 1. The van der Waals surface area contributed by atoms with Gasteiger partial charge in [-0.1, -0.05) is 13.0 Å². The Kier molecular flexibility index (Phi) is 3.73. The first-order valence-electron chi connectivity index (χ1n) is 7.05. The van der Waals surface area contributed by atoms with Gasteiger partial charge in [0.1, 0.15) is 18.5 Å². The highest BCUT2D eigenvalue weighted by molar-refractivity contribution is 5.41. The second kappa shape index (κ2) is 5.49. The van der Waals surface area contributed by atoms with Crippen LogP contribution in [0, 0.1) is 0 Å². The van der Waals surface area contributed by atoms with E-state index in [9.17, 15) is 5.11 Å². The summed E-state index contributed by atoms with van der Waals surface area (Å²) in [5.74, 6) is 0.828. The number of rotatable bonds is 2. The van der Waals surface area contributed by atoms with Crippen LogP contribution < -0.4 is 4.74 Å². The Balaban J connectivity index is 1.83. The monoisotopic (exact) mass is 263 g/mol. The standard InChI is InChI=1S/C15H21NO3/c1-2-11-3-4-14-12(9-11)15(17)13(10-19-14)16-5-7-18-8-6-16/h3-4,9,13,15,17H,2,5-8,10H2,1H3. The molecule has 104 valence electrons. The summed E-state index contributed by atoms with van der Waals surface area (Å²) in [5.41, 5.74) is 2.17. The average molecular weight is 263 g/mol. The minimum Gasteiger partial charge on any atom is -0.491 e. The molecule has 1 aromatic rings. The zero-order valence-electron chi connectivity index (χ0n) is 11.3. The Morgan fingerprint density at radius 1 is 1.32 bits per heavy atom. The van der Waals surface area contributed by atoms with Gasteiger partial charge in [0, 0.05) is 18.7 Å². The summed E-state index contributed by atoms with van der Waals surface area (Å²) < 4.78 is 11.2. The molecule has 0 aliphatic carbocycles. The van der Waals surface area contributed by atoms with Gasteiger partial charge in [-0.3, -0.25) is 4.90 Å². The van der Waals surface area contributed by atoms with Crippen LogP contribution in [-0.4, -0.2) is 49.0 Å². The van der Waals surface area contributed by atoms with E-state index in [0.29, 0.717) is 6.61 Å². The second-order valence-corrected chi connectivity index (χ2v) is 5.20. The molecule has 2 heterocycles. The summed E-state index contributed by atoms with van der Waals surface area (Å²) in [6.45, 7) is 5.90. The quantitative estimate of drug-likeness (QED) is 0.875. The number of ether oxygens (including phenoxy) is 2. The fourth-order valence-corrected chi connectivity index (χ4v) is 2.87. The van der Waals surface area contributed by atoms with Gasteiger partial charge in [0.25, 0.3) is 0 Å². The summed E-state index contributed by atoms with van der Waals surface area (Å²) in [7, 11) is 0. The highest BCUT2D eigenvalue weighted by Crippen LogP contribution is 2.35. The smallest absolute Gasteiger partial charge is 0.125 e. The maximum absolute atomic E-state index is 10.6. The van der Waals surface area contributed by atoms with E-state index >= 15 is 0 Å². The van der Waals surface area contributed by atoms with Crippen molar-refractivity contribution in [2.75, 3.05) is 32.9 Å². The molecular formula is C15H21NO3. The third-order valence-electron chi connectivity index (χ3n) is 4.09. The highest BCUT2D eigenvalue weighted by atomic mass is 16.5. The van der Waals surface area contributed by atoms with E-state index < -0.39 is 6.10 Å². The zero-order chi connectivity index (χ0) is 13.2. The van der Waals surface area contributed by atoms with Crippen LogP contribution in [0.25, 0.3) is 0 Å². The van der Waals surface area contributed by atoms with Crippen molar-refractivity contribution in [1.82, 2.24) is 4.90 Å². The van der Waals surface area contributed by atoms with Crippen LogP contribution in [0.5, 0.6) is 5.75 Å². The first kappa shape index (κ1) is 12.9. The Hall–Kier alpha value is -1.10. The molecule has 3 rings (SSSR count). The van der Waals surface area contributed by atoms with Crippen LogP contribution in [0.2, 0.25) is 0 Å². The molecule has 2 aliphatic heterocycles. The van der Waals surface area contributed by atoms with Crippen molar-refractivity contribution in [2.24, 2.45) is 0 Å². The largest absolute Gasteiger partial charge is 0.491 e. The molecule has 1 saturated heterocycles. The lowest BCUT2D eigenvalue weighted by Gasteiger charge is -2.40. The normalized spacial score (nSPS) is 27.7. The molecule has 4 heteroatoms. The van der Waals surface area contributed by atoms with Crippen molar-refractivity contribution >= 4 is 0 Å². The van der Waals surface area contributed by atoms with Gasteiger partial charge < -0.3 is 14.6 Å². The van der Waals surface area contributed by atoms with E-state index in [-0.39, 0.29) is 6.04 Å². The van der Waals surface area contributed by atoms with Crippen LogP contribution in [0.3, 0.4) is 0 Å². The van der Waals surface area contributed by atoms with Crippen molar-refractivity contribution in [1.29, 1.82) is 0 Å². The van der Waals surface area contributed by atoms with E-state index in [2.05, 4.69) is 24.0 Å². The summed E-state index contributed by atoms with van der Waals surface area (Å²) in [6.07, 6.45) is 0.510. The van der Waals surface area contributed by atoms with Crippen molar-refractivity contribution in [3.63, 3.8) is 0 Å². The molecule has 2 aliphatic rings. The van der Waals surface area contributed by atoms with Crippen molar-refractivity contribution in [3.8, 4) is 5.75 Å². The van der Waals surface area contributed by atoms with Crippen LogP contribution >= 0.6 is 0 Å². The maximum atomic E-state index is 10.6. The number of aryl methyl sites for hydroxylation is 1. The first-order chi connectivity index (χ1) is 9.29. The molecule has 0 bridgehead atoms. The van der Waals surface area contributed by atoms with Gasteiger partial charge >= 0.3 is 0 Å². The molecule has 19 heavy (non-hydrogen) atoms. The number of aliphatic hydroxyl groups excluding tert-OH is 1. The lowest BCUT2D eigenvalue weighted by molar-refractivity contribution is -0.0454. The molecule has 0 amide bonds. The Morgan fingerprint density at radius 2 is 2.11 bits per heavy atom. The molecule has 0 aromatic heterocycles. The van der Waals surface area contributed by atoms with E-state index in [1.807, 2.05) is 6.07 Å². The number of fused-ring (bicyclic) bond motifs is 1. The van der Waals surface area contributed by atoms with Crippen LogP contribution in [0.4, 0.5) is 0 Å². The van der Waals surface area contributed by atoms with Crippen LogP contribution in [-0.2, 0) is 11.2 Å². The minimum absolute atomic E-state index is 0.0449. The molecule has 1 aromatic carbocycles.